The average Bonchev–Trinajstić information content (AvgIpc) is 2.79. The van der Waals surface area contributed by atoms with Crippen molar-refractivity contribution < 1.29 is 19.1 Å². The van der Waals surface area contributed by atoms with Crippen LogP contribution in [0.25, 0.3) is 0 Å². The molecule has 0 rings (SSSR count). The van der Waals surface area contributed by atoms with Gasteiger partial charge in [-0.25, -0.2) is 0 Å². The van der Waals surface area contributed by atoms with E-state index in [0.29, 0.717) is 26.1 Å². The van der Waals surface area contributed by atoms with E-state index in [4.69, 9.17) is 9.47 Å². The standard InChI is InChI=1S/C28H52O4/c1-3-5-7-8-9-10-11-12-13-16-19-22-26-32-28(30)24-21-18-15-14-17-20-23-27(29)31-25-6-4-2/h5,7H,3-4,6,8-26H2,1-2H3/b7-5-. The molecule has 0 aromatic heterocycles. The van der Waals surface area contributed by atoms with Crippen LogP contribution in [-0.4, -0.2) is 25.2 Å². The summed E-state index contributed by atoms with van der Waals surface area (Å²) >= 11 is 0. The van der Waals surface area contributed by atoms with Gasteiger partial charge in [0.2, 0.25) is 0 Å². The molecule has 0 aliphatic heterocycles. The summed E-state index contributed by atoms with van der Waals surface area (Å²) in [6.45, 7) is 5.41. The lowest BCUT2D eigenvalue weighted by Crippen LogP contribution is -2.05. The Balaban J connectivity index is 3.24. The van der Waals surface area contributed by atoms with E-state index in [1.807, 2.05) is 0 Å². The Morgan fingerprint density at radius 1 is 0.531 bits per heavy atom. The number of carbonyl (C=O) groups excluding carboxylic acids is 2. The van der Waals surface area contributed by atoms with Gasteiger partial charge in [0.25, 0.3) is 0 Å². The summed E-state index contributed by atoms with van der Waals surface area (Å²) in [4.78, 5) is 23.3. The van der Waals surface area contributed by atoms with Gasteiger partial charge in [-0.1, -0.05) is 96.6 Å². The van der Waals surface area contributed by atoms with Crippen molar-refractivity contribution in [2.45, 2.75) is 142 Å². The third kappa shape index (κ3) is 24.9. The molecule has 188 valence electrons. The SMILES string of the molecule is CC/C=C\CCCCCCCCCCOC(=O)CCCCCCCCC(=O)OCCCC. The van der Waals surface area contributed by atoms with Crippen molar-refractivity contribution in [1.82, 2.24) is 0 Å². The van der Waals surface area contributed by atoms with Crippen molar-refractivity contribution in [2.75, 3.05) is 13.2 Å². The highest BCUT2D eigenvalue weighted by Gasteiger charge is 2.04. The van der Waals surface area contributed by atoms with Crippen molar-refractivity contribution in [2.24, 2.45) is 0 Å². The van der Waals surface area contributed by atoms with Gasteiger partial charge >= 0.3 is 11.9 Å². The first-order chi connectivity index (χ1) is 15.7. The second-order valence-electron chi connectivity index (χ2n) is 8.91. The fourth-order valence-electron chi connectivity index (χ4n) is 3.62. The van der Waals surface area contributed by atoms with E-state index in [1.165, 1.54) is 51.4 Å². The first kappa shape index (κ1) is 30.7. The van der Waals surface area contributed by atoms with Crippen LogP contribution < -0.4 is 0 Å². The van der Waals surface area contributed by atoms with Gasteiger partial charge in [0.15, 0.2) is 0 Å². The third-order valence-corrected chi connectivity index (χ3v) is 5.70. The van der Waals surface area contributed by atoms with Crippen LogP contribution in [-0.2, 0) is 19.1 Å². The van der Waals surface area contributed by atoms with E-state index in [0.717, 1.165) is 64.2 Å². The monoisotopic (exact) mass is 452 g/mol. The maximum atomic E-state index is 11.8. The fraction of sp³-hybridized carbons (Fsp3) is 0.857. The topological polar surface area (TPSA) is 52.6 Å². The number of esters is 2. The first-order valence-corrected chi connectivity index (χ1v) is 13.7. The Morgan fingerprint density at radius 2 is 0.969 bits per heavy atom. The second-order valence-corrected chi connectivity index (χ2v) is 8.91. The molecule has 0 amide bonds. The molecule has 4 nitrogen and oxygen atoms in total. The van der Waals surface area contributed by atoms with Crippen molar-refractivity contribution in [3.05, 3.63) is 12.2 Å². The van der Waals surface area contributed by atoms with E-state index in [1.54, 1.807) is 0 Å². The average molecular weight is 453 g/mol. The second kappa shape index (κ2) is 25.9. The molecule has 0 aliphatic carbocycles. The fourth-order valence-corrected chi connectivity index (χ4v) is 3.62. The van der Waals surface area contributed by atoms with Crippen molar-refractivity contribution >= 4 is 11.9 Å². The Morgan fingerprint density at radius 3 is 1.47 bits per heavy atom. The van der Waals surface area contributed by atoms with Gasteiger partial charge in [-0.2, -0.15) is 0 Å². The zero-order valence-corrected chi connectivity index (χ0v) is 21.3. The Bertz CT molecular complexity index is 445. The van der Waals surface area contributed by atoms with E-state index in [9.17, 15) is 9.59 Å². The molecule has 0 aliphatic rings. The number of ether oxygens (including phenoxy) is 2. The highest BCUT2D eigenvalue weighted by atomic mass is 16.5. The molecule has 0 aromatic carbocycles. The summed E-state index contributed by atoms with van der Waals surface area (Å²) in [6, 6.07) is 0. The van der Waals surface area contributed by atoms with Crippen LogP contribution in [0.5, 0.6) is 0 Å². The Labute approximate surface area is 198 Å². The van der Waals surface area contributed by atoms with E-state index in [-0.39, 0.29) is 11.9 Å². The van der Waals surface area contributed by atoms with Crippen LogP contribution >= 0.6 is 0 Å². The summed E-state index contributed by atoms with van der Waals surface area (Å²) in [6.07, 6.45) is 26.3. The van der Waals surface area contributed by atoms with Gasteiger partial charge < -0.3 is 9.47 Å². The van der Waals surface area contributed by atoms with E-state index < -0.39 is 0 Å². The lowest BCUT2D eigenvalue weighted by atomic mass is 10.1. The number of unbranched alkanes of at least 4 members (excludes halogenated alkanes) is 14. The van der Waals surface area contributed by atoms with Gasteiger partial charge in [-0.3, -0.25) is 9.59 Å². The van der Waals surface area contributed by atoms with Crippen LogP contribution in [0.3, 0.4) is 0 Å². The van der Waals surface area contributed by atoms with Crippen LogP contribution in [0, 0.1) is 0 Å². The van der Waals surface area contributed by atoms with Crippen molar-refractivity contribution in [3.8, 4) is 0 Å². The number of hydrogen-bond acceptors (Lipinski definition) is 4. The molecule has 32 heavy (non-hydrogen) atoms. The summed E-state index contributed by atoms with van der Waals surface area (Å²) < 4.78 is 10.5. The first-order valence-electron chi connectivity index (χ1n) is 13.7. The molecule has 4 heteroatoms. The van der Waals surface area contributed by atoms with Gasteiger partial charge in [-0.15, -0.1) is 0 Å². The molecule has 0 bridgehead atoms. The minimum atomic E-state index is -0.0628. The highest BCUT2D eigenvalue weighted by Crippen LogP contribution is 2.12. The predicted octanol–water partition coefficient (Wildman–Crippen LogP) is 8.47. The lowest BCUT2D eigenvalue weighted by Gasteiger charge is -2.06. The molecule has 0 saturated heterocycles. The summed E-state index contributed by atoms with van der Waals surface area (Å²) in [5.41, 5.74) is 0. The summed E-state index contributed by atoms with van der Waals surface area (Å²) in [5, 5.41) is 0. The zero-order chi connectivity index (χ0) is 23.5. The third-order valence-electron chi connectivity index (χ3n) is 5.70. The van der Waals surface area contributed by atoms with E-state index in [2.05, 4.69) is 26.0 Å². The number of hydrogen-bond donors (Lipinski definition) is 0. The maximum absolute atomic E-state index is 11.8. The largest absolute Gasteiger partial charge is 0.466 e. The number of allylic oxidation sites excluding steroid dienone is 2. The number of carbonyl (C=O) groups is 2. The molecular weight excluding hydrogens is 400 g/mol. The predicted molar refractivity (Wildman–Crippen MR) is 135 cm³/mol. The molecule has 0 N–H and O–H groups in total. The van der Waals surface area contributed by atoms with Crippen LogP contribution in [0.1, 0.15) is 142 Å². The molecule has 0 heterocycles. The maximum Gasteiger partial charge on any atom is 0.305 e. The minimum absolute atomic E-state index is 0.0445. The minimum Gasteiger partial charge on any atom is -0.466 e. The van der Waals surface area contributed by atoms with Crippen LogP contribution in [0.2, 0.25) is 0 Å². The molecule has 0 saturated carbocycles. The molecule has 0 fully saturated rings. The molecule has 0 atom stereocenters. The van der Waals surface area contributed by atoms with Gasteiger partial charge in [0, 0.05) is 12.8 Å². The van der Waals surface area contributed by atoms with Crippen molar-refractivity contribution in [3.63, 3.8) is 0 Å². The molecule has 0 aromatic rings. The smallest absolute Gasteiger partial charge is 0.305 e. The summed E-state index contributed by atoms with van der Waals surface area (Å²) in [5.74, 6) is -0.107. The van der Waals surface area contributed by atoms with Gasteiger partial charge in [-0.05, 0) is 44.9 Å². The Kier molecular flexibility index (Phi) is 24.9. The summed E-state index contributed by atoms with van der Waals surface area (Å²) in [7, 11) is 0. The quantitative estimate of drug-likeness (QED) is 0.0837. The molecule has 0 unspecified atom stereocenters. The van der Waals surface area contributed by atoms with Crippen LogP contribution in [0.4, 0.5) is 0 Å². The van der Waals surface area contributed by atoms with Gasteiger partial charge in [0.1, 0.15) is 0 Å². The van der Waals surface area contributed by atoms with Crippen molar-refractivity contribution in [1.29, 1.82) is 0 Å². The number of rotatable bonds is 24. The normalized spacial score (nSPS) is 11.2. The van der Waals surface area contributed by atoms with Gasteiger partial charge in [0.05, 0.1) is 13.2 Å². The molecule has 0 radical (unpaired) electrons. The lowest BCUT2D eigenvalue weighted by molar-refractivity contribution is -0.144. The highest BCUT2D eigenvalue weighted by molar-refractivity contribution is 5.69. The van der Waals surface area contributed by atoms with E-state index >= 15 is 0 Å². The zero-order valence-electron chi connectivity index (χ0n) is 21.3. The van der Waals surface area contributed by atoms with Crippen LogP contribution in [0.15, 0.2) is 12.2 Å². The molecular formula is C28H52O4. The molecule has 0 spiro atoms. The Hall–Kier alpha value is -1.32.